The number of carbonyl (C=O) groups excluding carboxylic acids is 16. The fourth-order valence-corrected chi connectivity index (χ4v) is 13.6. The Morgan fingerprint density at radius 1 is 0.392 bits per heavy atom. The van der Waals surface area contributed by atoms with Crippen LogP contribution in [0.3, 0.4) is 0 Å². The second kappa shape index (κ2) is 44.0. The quantitative estimate of drug-likeness (QED) is 0.0640. The lowest BCUT2D eigenvalue weighted by Crippen LogP contribution is -2.39. The van der Waals surface area contributed by atoms with Crippen LogP contribution in [-0.2, 0) is 153 Å². The second-order valence-electron chi connectivity index (χ2n) is 37.1. The summed E-state index contributed by atoms with van der Waals surface area (Å²) < 4.78 is 81.1. The summed E-state index contributed by atoms with van der Waals surface area (Å²) in [4.78, 5) is 182. The second-order valence-corrected chi connectivity index (χ2v) is 37.1. The summed E-state index contributed by atoms with van der Waals surface area (Å²) >= 11 is 0. The van der Waals surface area contributed by atoms with Crippen LogP contribution in [0.2, 0.25) is 0 Å². The number of cyclic esters (lactones) is 6. The summed E-state index contributed by atoms with van der Waals surface area (Å²) in [5.74, 6) is -3.52. The highest BCUT2D eigenvalue weighted by Crippen LogP contribution is 2.57. The molecule has 4 aliphatic carbocycles. The number of carbonyl (C=O) groups is 16. The molecule has 20 atom stereocenters. The first kappa shape index (κ1) is 102. The molecule has 4 saturated carbocycles. The first-order chi connectivity index (χ1) is 55.8. The van der Waals surface area contributed by atoms with Crippen LogP contribution in [0.5, 0.6) is 0 Å². The van der Waals surface area contributed by atoms with Gasteiger partial charge in [-0.2, -0.15) is 0 Å². The lowest BCUT2D eigenvalue weighted by Gasteiger charge is -2.29. The van der Waals surface area contributed by atoms with Crippen molar-refractivity contribution in [1.29, 1.82) is 0 Å². The predicted octanol–water partition coefficient (Wildman–Crippen LogP) is 11.2. The van der Waals surface area contributed by atoms with Crippen molar-refractivity contribution >= 4 is 95.5 Å². The van der Waals surface area contributed by atoms with E-state index in [1.54, 1.807) is 41.5 Å². The van der Waals surface area contributed by atoms with Gasteiger partial charge in [-0.3, -0.25) is 57.5 Å². The Labute approximate surface area is 706 Å². The van der Waals surface area contributed by atoms with Crippen molar-refractivity contribution in [3.8, 4) is 0 Å². The van der Waals surface area contributed by atoms with Gasteiger partial charge >= 0.3 is 95.5 Å². The summed E-state index contributed by atoms with van der Waals surface area (Å²) in [6.07, 6.45) is 6.47. The Kier molecular flexibility index (Phi) is 37.5. The van der Waals surface area contributed by atoms with Gasteiger partial charge < -0.3 is 75.8 Å². The lowest BCUT2D eigenvalue weighted by molar-refractivity contribution is -0.170. The van der Waals surface area contributed by atoms with Crippen molar-refractivity contribution in [3.05, 3.63) is 0 Å². The molecular formula is C88H136O32. The van der Waals surface area contributed by atoms with Crippen LogP contribution in [0.25, 0.3) is 0 Å². The van der Waals surface area contributed by atoms with Crippen molar-refractivity contribution < 1.29 is 153 Å². The topological polar surface area (TPSA) is 421 Å². The molecule has 8 heterocycles. The smallest absolute Gasteiger partial charge is 0.348 e. The summed E-state index contributed by atoms with van der Waals surface area (Å²) in [6, 6.07) is 0. The minimum absolute atomic E-state index is 0.0471. The fourth-order valence-electron chi connectivity index (χ4n) is 13.6. The van der Waals surface area contributed by atoms with Crippen LogP contribution >= 0.6 is 0 Å². The maximum Gasteiger partial charge on any atom is 0.348 e. The number of ether oxygens (including phenoxy) is 16. The molecule has 32 nitrogen and oxygen atoms in total. The van der Waals surface area contributed by atoms with Crippen molar-refractivity contribution in [3.63, 3.8) is 0 Å². The van der Waals surface area contributed by atoms with Crippen LogP contribution < -0.4 is 0 Å². The van der Waals surface area contributed by atoms with E-state index in [-0.39, 0.29) is 170 Å². The van der Waals surface area contributed by atoms with Gasteiger partial charge in [0, 0.05) is 47.8 Å². The largest absolute Gasteiger partial charge is 0.463 e. The van der Waals surface area contributed by atoms with E-state index in [1.165, 1.54) is 0 Å². The van der Waals surface area contributed by atoms with Gasteiger partial charge in [0.1, 0.15) is 56.4 Å². The van der Waals surface area contributed by atoms with Crippen molar-refractivity contribution in [2.45, 2.75) is 330 Å². The van der Waals surface area contributed by atoms with Gasteiger partial charge in [0.2, 0.25) is 24.4 Å². The third-order valence-corrected chi connectivity index (χ3v) is 25.2. The van der Waals surface area contributed by atoms with Crippen molar-refractivity contribution in [2.24, 2.45) is 91.7 Å². The molecule has 12 fully saturated rings. The van der Waals surface area contributed by atoms with Crippen LogP contribution in [0.1, 0.15) is 269 Å². The van der Waals surface area contributed by atoms with Crippen LogP contribution in [0, 0.1) is 91.7 Å². The van der Waals surface area contributed by atoms with Crippen LogP contribution in [0.4, 0.5) is 0 Å². The molecule has 0 spiro atoms. The van der Waals surface area contributed by atoms with E-state index in [0.29, 0.717) is 88.6 Å². The Balaban J connectivity index is 0.000000245. The van der Waals surface area contributed by atoms with Crippen molar-refractivity contribution in [1.82, 2.24) is 0 Å². The first-order valence-electron chi connectivity index (χ1n) is 42.9. The van der Waals surface area contributed by atoms with E-state index >= 15 is 0 Å². The highest BCUT2D eigenvalue weighted by atomic mass is 16.7. The maximum absolute atomic E-state index is 12.1. The molecule has 12 rings (SSSR count). The van der Waals surface area contributed by atoms with E-state index in [4.69, 9.17) is 66.3 Å². The van der Waals surface area contributed by atoms with Gasteiger partial charge in [-0.15, -0.1) is 0 Å². The van der Waals surface area contributed by atoms with E-state index < -0.39 is 80.8 Å². The molecule has 4 bridgehead atoms. The molecule has 20 unspecified atom stereocenters. The Morgan fingerprint density at radius 3 is 1.10 bits per heavy atom. The Hall–Kier alpha value is -8.48. The zero-order chi connectivity index (χ0) is 90.7. The van der Waals surface area contributed by atoms with E-state index in [1.807, 2.05) is 125 Å². The average Bonchev–Trinajstić information content (AvgIpc) is 1.58. The molecule has 0 amide bonds. The van der Waals surface area contributed by atoms with Gasteiger partial charge in [0.15, 0.2) is 0 Å². The zero-order valence-corrected chi connectivity index (χ0v) is 75.2. The van der Waals surface area contributed by atoms with E-state index in [9.17, 15) is 76.7 Å². The summed E-state index contributed by atoms with van der Waals surface area (Å²) in [5, 5.41) is 0. The molecule has 0 aromatic carbocycles. The molecular weight excluding hydrogens is 1570 g/mol. The van der Waals surface area contributed by atoms with Gasteiger partial charge in [0.05, 0.1) is 89.3 Å². The maximum atomic E-state index is 12.1. The SMILES string of the molecule is CCC(C)(C)C(=O)OC1C(=O)OCC1(C)C.CCC(C)(C)C(=O)OC1C(=O)OCC1C.CCC(C)(C)C(=O)OC1C2CC3C(=O)OC1C3C2.CCC(C)(C)C(=O)OC1CCOC1=O.CCC(C)(C)C(=O)OC1COC(=O)C1.CCC(C)C(=O)OC1C2CC3C(=O)OC1C3C2.CCC(C)C(=O)OC1CCOC1=O.CCC(C)C(=O)OC1COC(=O)C1. The third kappa shape index (κ3) is 27.3. The normalized spacial score (nSPS) is 29.1. The fraction of sp³-hybridized carbons (Fsp3) is 0.818. The lowest BCUT2D eigenvalue weighted by atomic mass is 9.87. The predicted molar refractivity (Wildman–Crippen MR) is 424 cm³/mol. The number of fused-ring (bicyclic) bond motifs is 2. The molecule has 0 aromatic rings. The summed E-state index contributed by atoms with van der Waals surface area (Å²) in [6.45, 7) is 46.5. The zero-order valence-electron chi connectivity index (χ0n) is 75.2. The first-order valence-corrected chi connectivity index (χ1v) is 42.9. The molecule has 0 radical (unpaired) electrons. The molecule has 680 valence electrons. The Bertz CT molecular complexity index is 3620. The number of rotatable bonds is 24. The molecule has 0 aromatic heterocycles. The van der Waals surface area contributed by atoms with E-state index in [0.717, 1.165) is 51.4 Å². The highest BCUT2D eigenvalue weighted by molar-refractivity contribution is 5.86. The molecule has 8 aliphatic heterocycles. The number of esters is 16. The molecule has 0 N–H and O–H groups in total. The van der Waals surface area contributed by atoms with E-state index in [2.05, 4.69) is 9.47 Å². The van der Waals surface area contributed by atoms with Gasteiger partial charge in [0.25, 0.3) is 0 Å². The van der Waals surface area contributed by atoms with Crippen molar-refractivity contribution in [2.75, 3.05) is 39.6 Å². The average molecular weight is 1710 g/mol. The van der Waals surface area contributed by atoms with Crippen LogP contribution in [-0.4, -0.2) is 196 Å². The van der Waals surface area contributed by atoms with Crippen LogP contribution in [0.15, 0.2) is 0 Å². The summed E-state index contributed by atoms with van der Waals surface area (Å²) in [7, 11) is 0. The molecule has 32 heteroatoms. The van der Waals surface area contributed by atoms with Gasteiger partial charge in [-0.1, -0.05) is 96.9 Å². The minimum atomic E-state index is -0.772. The Morgan fingerprint density at radius 2 is 0.750 bits per heavy atom. The number of hydrogen-bond donors (Lipinski definition) is 0. The standard InChI is InChI=1S/C14H20O4.C13H18O4.C12H20O4.C11H18O4.2C10H16O4.2C9H14O4/c1-4-14(2,3)13(16)18-10-7-5-8-9(6-7)12(15)17-11(8)10;1-3-6(2)12(14)16-10-7-4-8-9(5-7)13(15)17-11(8)10;1-6-11(2,3)10(14)16-8-9(13)15-7-12(8,4)5;1-5-11(3,4)10(13)15-8-7(2)6-14-9(8)12;1-4-10(2,3)9(12)14-7-5-8(11)13-6-7;1-4-10(2,3)9(12)14-7-5-6-13-8(7)11;1-3-6(2)9(11)13-7-4-8(10)12-5-7;1-3-6(2)8(10)13-7-4-5-12-9(7)11/h7-11H,4-6H2,1-3H3;6-11H,3-5H2,1-2H3;8H,6-7H2,1-5H3;7-8H,5-6H2,1-4H3;2*7H,4-6H2,1-3H3;2*6-7H,3-5H2,1-2H3. The van der Waals surface area contributed by atoms with Gasteiger partial charge in [-0.05, 0) is 146 Å². The monoisotopic (exact) mass is 1700 g/mol. The number of hydrogen-bond acceptors (Lipinski definition) is 32. The molecule has 12 aliphatic rings. The van der Waals surface area contributed by atoms with Gasteiger partial charge in [-0.25, -0.2) is 19.2 Å². The highest BCUT2D eigenvalue weighted by Gasteiger charge is 2.65. The molecule has 8 saturated heterocycles. The summed E-state index contributed by atoms with van der Waals surface area (Å²) in [5.41, 5.74) is -2.99. The third-order valence-electron chi connectivity index (χ3n) is 25.2. The molecule has 120 heavy (non-hydrogen) atoms. The minimum Gasteiger partial charge on any atom is -0.463 e.